The second-order valence-corrected chi connectivity index (χ2v) is 3.33. The van der Waals surface area contributed by atoms with Crippen LogP contribution in [-0.4, -0.2) is 23.9 Å². The Labute approximate surface area is 73.0 Å². The summed E-state index contributed by atoms with van der Waals surface area (Å²) in [5.41, 5.74) is 0. The summed E-state index contributed by atoms with van der Waals surface area (Å²) in [4.78, 5) is 13.1. The van der Waals surface area contributed by atoms with Crippen LogP contribution in [0.5, 0.6) is 0 Å². The van der Waals surface area contributed by atoms with E-state index >= 15 is 0 Å². The molecule has 66 valence electrons. The largest absolute Gasteiger partial charge is 0.341 e. The van der Waals surface area contributed by atoms with Crippen LogP contribution in [0.25, 0.3) is 0 Å². The molecule has 1 atom stereocenters. The molecule has 1 amide bonds. The lowest BCUT2D eigenvalue weighted by Gasteiger charge is -2.27. The molecule has 1 heterocycles. The summed E-state index contributed by atoms with van der Waals surface area (Å²) in [5.74, 6) is 0.176. The van der Waals surface area contributed by atoms with Crippen molar-refractivity contribution in [2.45, 2.75) is 26.2 Å². The van der Waals surface area contributed by atoms with Crippen molar-refractivity contribution < 1.29 is 4.79 Å². The standard InChI is InChI=1S/C9H14N2O/c1-8(6-10)7-11-5-3-2-4-9(11)12/h8H,2-5,7H2,1H3. The van der Waals surface area contributed by atoms with Gasteiger partial charge in [0.15, 0.2) is 0 Å². The number of carbonyl (C=O) groups is 1. The quantitative estimate of drug-likeness (QED) is 0.617. The summed E-state index contributed by atoms with van der Waals surface area (Å²) in [5, 5.41) is 8.56. The summed E-state index contributed by atoms with van der Waals surface area (Å²) < 4.78 is 0. The maximum atomic E-state index is 11.3. The van der Waals surface area contributed by atoms with Crippen molar-refractivity contribution in [1.29, 1.82) is 5.26 Å². The molecule has 1 aliphatic heterocycles. The van der Waals surface area contributed by atoms with Gasteiger partial charge in [0.2, 0.25) is 5.91 Å². The minimum atomic E-state index is -0.0351. The number of amides is 1. The van der Waals surface area contributed by atoms with Crippen LogP contribution in [0.4, 0.5) is 0 Å². The van der Waals surface area contributed by atoms with Crippen molar-refractivity contribution in [3.05, 3.63) is 0 Å². The van der Waals surface area contributed by atoms with Crippen molar-refractivity contribution in [2.75, 3.05) is 13.1 Å². The van der Waals surface area contributed by atoms with E-state index in [1.54, 1.807) is 4.90 Å². The maximum Gasteiger partial charge on any atom is 0.222 e. The smallest absolute Gasteiger partial charge is 0.222 e. The Kier molecular flexibility index (Phi) is 3.09. The molecule has 1 aliphatic rings. The van der Waals surface area contributed by atoms with Gasteiger partial charge in [0, 0.05) is 19.5 Å². The normalized spacial score (nSPS) is 20.3. The molecule has 0 aromatic carbocycles. The highest BCUT2D eigenvalue weighted by Crippen LogP contribution is 2.11. The molecule has 0 aromatic rings. The van der Waals surface area contributed by atoms with Gasteiger partial charge in [-0.1, -0.05) is 0 Å². The molecular weight excluding hydrogens is 152 g/mol. The molecule has 3 heteroatoms. The van der Waals surface area contributed by atoms with Gasteiger partial charge < -0.3 is 4.90 Å². The molecule has 0 N–H and O–H groups in total. The lowest BCUT2D eigenvalue weighted by molar-refractivity contribution is -0.133. The number of rotatable bonds is 2. The summed E-state index contributed by atoms with van der Waals surface area (Å²) in [6, 6.07) is 2.14. The molecule has 0 bridgehead atoms. The Morgan fingerprint density at radius 2 is 2.42 bits per heavy atom. The number of nitriles is 1. The van der Waals surface area contributed by atoms with E-state index in [1.165, 1.54) is 0 Å². The van der Waals surface area contributed by atoms with Crippen LogP contribution in [0, 0.1) is 17.2 Å². The molecule has 12 heavy (non-hydrogen) atoms. The third-order valence-corrected chi connectivity index (χ3v) is 2.14. The molecule has 0 radical (unpaired) electrons. The van der Waals surface area contributed by atoms with Crippen LogP contribution in [0.15, 0.2) is 0 Å². The summed E-state index contributed by atoms with van der Waals surface area (Å²) in [6.07, 6.45) is 2.76. The average Bonchev–Trinajstić information content (AvgIpc) is 2.09. The van der Waals surface area contributed by atoms with E-state index in [-0.39, 0.29) is 11.8 Å². The van der Waals surface area contributed by atoms with Gasteiger partial charge in [-0.2, -0.15) is 5.26 Å². The predicted molar refractivity (Wildman–Crippen MR) is 45.2 cm³/mol. The topological polar surface area (TPSA) is 44.1 Å². The minimum absolute atomic E-state index is 0.0351. The molecule has 1 rings (SSSR count). The van der Waals surface area contributed by atoms with Gasteiger partial charge in [-0.15, -0.1) is 0 Å². The van der Waals surface area contributed by atoms with Crippen molar-refractivity contribution >= 4 is 5.91 Å². The first-order valence-electron chi connectivity index (χ1n) is 4.41. The fourth-order valence-electron chi connectivity index (χ4n) is 1.43. The second kappa shape index (κ2) is 4.10. The van der Waals surface area contributed by atoms with E-state index in [1.807, 2.05) is 6.92 Å². The fourth-order valence-corrected chi connectivity index (χ4v) is 1.43. The van der Waals surface area contributed by atoms with Gasteiger partial charge in [0.25, 0.3) is 0 Å². The van der Waals surface area contributed by atoms with E-state index in [2.05, 4.69) is 6.07 Å². The molecule has 3 nitrogen and oxygen atoms in total. The Bertz CT molecular complexity index is 207. The molecular formula is C9H14N2O. The molecule has 0 aromatic heterocycles. The van der Waals surface area contributed by atoms with Crippen LogP contribution in [0.3, 0.4) is 0 Å². The Balaban J connectivity index is 2.40. The van der Waals surface area contributed by atoms with Gasteiger partial charge >= 0.3 is 0 Å². The van der Waals surface area contributed by atoms with Crippen LogP contribution < -0.4 is 0 Å². The highest BCUT2D eigenvalue weighted by molar-refractivity contribution is 5.76. The monoisotopic (exact) mass is 166 g/mol. The van der Waals surface area contributed by atoms with E-state index in [9.17, 15) is 4.79 Å². The van der Waals surface area contributed by atoms with Gasteiger partial charge in [-0.3, -0.25) is 4.79 Å². The molecule has 1 fully saturated rings. The lowest BCUT2D eigenvalue weighted by atomic mass is 10.1. The van der Waals surface area contributed by atoms with Crippen molar-refractivity contribution in [3.8, 4) is 6.07 Å². The van der Waals surface area contributed by atoms with Crippen molar-refractivity contribution in [2.24, 2.45) is 5.92 Å². The minimum Gasteiger partial charge on any atom is -0.341 e. The Morgan fingerprint density at radius 1 is 1.67 bits per heavy atom. The zero-order valence-electron chi connectivity index (χ0n) is 7.42. The van der Waals surface area contributed by atoms with Crippen molar-refractivity contribution in [3.63, 3.8) is 0 Å². The van der Waals surface area contributed by atoms with E-state index in [0.29, 0.717) is 13.0 Å². The first-order valence-corrected chi connectivity index (χ1v) is 4.41. The van der Waals surface area contributed by atoms with Gasteiger partial charge in [0.05, 0.1) is 12.0 Å². The van der Waals surface area contributed by atoms with Crippen molar-refractivity contribution in [1.82, 2.24) is 4.90 Å². The van der Waals surface area contributed by atoms with E-state index < -0.39 is 0 Å². The fraction of sp³-hybridized carbons (Fsp3) is 0.778. The van der Waals surface area contributed by atoms with Gasteiger partial charge in [0.1, 0.15) is 0 Å². The third kappa shape index (κ3) is 2.23. The number of hydrogen-bond acceptors (Lipinski definition) is 2. The number of hydrogen-bond donors (Lipinski definition) is 0. The number of piperidine rings is 1. The SMILES string of the molecule is CC(C#N)CN1CCCCC1=O. The molecule has 0 spiro atoms. The first-order chi connectivity index (χ1) is 5.74. The molecule has 1 unspecified atom stereocenters. The Morgan fingerprint density at radius 3 is 3.00 bits per heavy atom. The predicted octanol–water partition coefficient (Wildman–Crippen LogP) is 1.16. The second-order valence-electron chi connectivity index (χ2n) is 3.33. The van der Waals surface area contributed by atoms with Gasteiger partial charge in [-0.05, 0) is 19.8 Å². The number of likely N-dealkylation sites (tertiary alicyclic amines) is 1. The summed E-state index contributed by atoms with van der Waals surface area (Å²) >= 11 is 0. The molecule has 0 saturated carbocycles. The van der Waals surface area contributed by atoms with E-state index in [0.717, 1.165) is 19.4 Å². The first kappa shape index (κ1) is 9.05. The summed E-state index contributed by atoms with van der Waals surface area (Å²) in [6.45, 7) is 3.29. The van der Waals surface area contributed by atoms with Crippen LogP contribution in [-0.2, 0) is 4.79 Å². The lowest BCUT2D eigenvalue weighted by Crippen LogP contribution is -2.37. The zero-order valence-corrected chi connectivity index (χ0v) is 7.42. The van der Waals surface area contributed by atoms with Crippen LogP contribution in [0.2, 0.25) is 0 Å². The molecule has 0 aliphatic carbocycles. The van der Waals surface area contributed by atoms with E-state index in [4.69, 9.17) is 5.26 Å². The number of nitrogens with zero attached hydrogens (tertiary/aromatic N) is 2. The van der Waals surface area contributed by atoms with Crippen LogP contribution >= 0.6 is 0 Å². The highest BCUT2D eigenvalue weighted by atomic mass is 16.2. The third-order valence-electron chi connectivity index (χ3n) is 2.14. The Hall–Kier alpha value is -1.04. The van der Waals surface area contributed by atoms with Gasteiger partial charge in [-0.25, -0.2) is 0 Å². The molecule has 1 saturated heterocycles. The summed E-state index contributed by atoms with van der Waals surface area (Å²) in [7, 11) is 0. The van der Waals surface area contributed by atoms with Crippen LogP contribution in [0.1, 0.15) is 26.2 Å². The maximum absolute atomic E-state index is 11.3. The average molecular weight is 166 g/mol. The number of carbonyl (C=O) groups excluding carboxylic acids is 1. The zero-order chi connectivity index (χ0) is 8.97. The highest BCUT2D eigenvalue weighted by Gasteiger charge is 2.19.